The molecular formula is C4H10O2Si3. The first-order valence-electron chi connectivity index (χ1n) is 2.77. The van der Waals surface area contributed by atoms with Crippen LogP contribution in [0.3, 0.4) is 0 Å². The Morgan fingerprint density at radius 1 is 1.44 bits per heavy atom. The molecule has 0 aromatic rings. The van der Waals surface area contributed by atoms with Crippen LogP contribution in [0.4, 0.5) is 0 Å². The second kappa shape index (κ2) is 8.57. The molecule has 6 radical (unpaired) electrons. The molecule has 0 fully saturated rings. The third kappa shape index (κ3) is 8.57. The van der Waals surface area contributed by atoms with Crippen molar-refractivity contribution in [1.82, 2.24) is 0 Å². The zero-order chi connectivity index (χ0) is 6.95. The lowest BCUT2D eigenvalue weighted by Gasteiger charge is -1.94. The lowest BCUT2D eigenvalue weighted by atomic mass is 10.9. The van der Waals surface area contributed by atoms with Crippen molar-refractivity contribution in [2.75, 3.05) is 13.7 Å². The lowest BCUT2D eigenvalue weighted by Crippen LogP contribution is -2.11. The Morgan fingerprint density at radius 2 is 2.22 bits per heavy atom. The Bertz CT molecular complexity index is 47.1. The minimum Gasteiger partial charge on any atom is -0.422 e. The van der Waals surface area contributed by atoms with Crippen molar-refractivity contribution in [2.24, 2.45) is 0 Å². The van der Waals surface area contributed by atoms with Gasteiger partial charge in [0, 0.05) is 13.7 Å². The summed E-state index contributed by atoms with van der Waals surface area (Å²) in [5, 5.41) is 0. The van der Waals surface area contributed by atoms with Gasteiger partial charge in [0.25, 0.3) is 0 Å². The van der Waals surface area contributed by atoms with Crippen LogP contribution in [0.2, 0.25) is 5.67 Å². The van der Waals surface area contributed by atoms with Crippen LogP contribution in [0.15, 0.2) is 0 Å². The Hall–Kier alpha value is 0.571. The smallest absolute Gasteiger partial charge is 0.225 e. The molecule has 0 aromatic heterocycles. The molecule has 2 nitrogen and oxygen atoms in total. The molecule has 0 aliphatic heterocycles. The van der Waals surface area contributed by atoms with Gasteiger partial charge in [0.1, 0.15) is 0 Å². The Kier molecular flexibility index (Phi) is 9.11. The molecule has 0 heterocycles. The van der Waals surface area contributed by atoms with E-state index in [0.717, 1.165) is 15.6 Å². The predicted octanol–water partition coefficient (Wildman–Crippen LogP) is -0.0973. The quantitative estimate of drug-likeness (QED) is 0.414. The zero-order valence-corrected chi connectivity index (χ0v) is 8.73. The third-order valence-corrected chi connectivity index (χ3v) is 5.20. The molecule has 0 rings (SSSR count). The summed E-state index contributed by atoms with van der Waals surface area (Å²) >= 11 is 0. The van der Waals surface area contributed by atoms with Crippen LogP contribution >= 0.6 is 0 Å². The first kappa shape index (κ1) is 9.57. The van der Waals surface area contributed by atoms with E-state index in [1.807, 2.05) is 6.92 Å². The molecule has 0 amide bonds. The van der Waals surface area contributed by atoms with Gasteiger partial charge < -0.3 is 8.85 Å². The molecule has 0 N–H and O–H groups in total. The van der Waals surface area contributed by atoms with Crippen LogP contribution in [0.5, 0.6) is 0 Å². The topological polar surface area (TPSA) is 18.5 Å². The van der Waals surface area contributed by atoms with Crippen molar-refractivity contribution < 1.29 is 8.85 Å². The summed E-state index contributed by atoms with van der Waals surface area (Å²) < 4.78 is 10.1. The molecule has 0 bridgehead atoms. The molecule has 0 aliphatic rings. The summed E-state index contributed by atoms with van der Waals surface area (Å²) in [5.74, 6) is 0. The number of rotatable bonds is 6. The van der Waals surface area contributed by atoms with E-state index in [0.29, 0.717) is 19.0 Å². The highest BCUT2D eigenvalue weighted by molar-refractivity contribution is 6.99. The third-order valence-electron chi connectivity index (χ3n) is 0.594. The Balaban J connectivity index is 2.60. The summed E-state index contributed by atoms with van der Waals surface area (Å²) in [5.41, 5.74) is 1.18. The van der Waals surface area contributed by atoms with Crippen molar-refractivity contribution in [1.29, 1.82) is 0 Å². The summed E-state index contributed by atoms with van der Waals surface area (Å²) in [6.45, 7) is 2.87. The van der Waals surface area contributed by atoms with E-state index in [-0.39, 0.29) is 0 Å². The number of hydrogen-bond acceptors (Lipinski definition) is 2. The van der Waals surface area contributed by atoms with Gasteiger partial charge >= 0.3 is 0 Å². The van der Waals surface area contributed by atoms with Crippen molar-refractivity contribution >= 4 is 28.1 Å². The predicted molar refractivity (Wildman–Crippen MR) is 40.7 cm³/mol. The van der Waals surface area contributed by atoms with Gasteiger partial charge in [-0.25, -0.2) is 0 Å². The highest BCUT2D eigenvalue weighted by Crippen LogP contribution is 1.75. The van der Waals surface area contributed by atoms with Gasteiger partial charge in [-0.1, -0.05) is 0 Å². The summed E-state index contributed by atoms with van der Waals surface area (Å²) in [4.78, 5) is 0. The van der Waals surface area contributed by atoms with E-state index in [1.54, 1.807) is 7.11 Å². The molecule has 0 saturated heterocycles. The molecule has 0 aliphatic carbocycles. The maximum absolute atomic E-state index is 5.17. The van der Waals surface area contributed by atoms with Crippen LogP contribution in [-0.2, 0) is 8.85 Å². The maximum Gasteiger partial charge on any atom is 0.225 e. The van der Waals surface area contributed by atoms with Crippen molar-refractivity contribution in [2.45, 2.75) is 12.6 Å². The Labute approximate surface area is 63.8 Å². The average molecular weight is 174 g/mol. The minimum atomic E-state index is 0.665. The average Bonchev–Trinajstić information content (AvgIpc) is 1.89. The van der Waals surface area contributed by atoms with Gasteiger partial charge in [0.05, 0.1) is 9.04 Å². The van der Waals surface area contributed by atoms with Crippen LogP contribution in [0.25, 0.3) is 0 Å². The molecule has 5 heteroatoms. The van der Waals surface area contributed by atoms with E-state index < -0.39 is 0 Å². The van der Waals surface area contributed by atoms with Gasteiger partial charge in [-0.15, -0.1) is 0 Å². The van der Waals surface area contributed by atoms with Gasteiger partial charge in [0.15, 0.2) is 0 Å². The SMILES string of the molecule is CCO[Si][Si]C[Si]OC. The van der Waals surface area contributed by atoms with Crippen molar-refractivity contribution in [3.8, 4) is 0 Å². The van der Waals surface area contributed by atoms with Crippen LogP contribution in [-0.4, -0.2) is 41.8 Å². The monoisotopic (exact) mass is 174 g/mol. The normalized spacial score (nSPS) is 10.0. The van der Waals surface area contributed by atoms with Crippen LogP contribution in [0, 0.1) is 0 Å². The summed E-state index contributed by atoms with van der Waals surface area (Å²) in [7, 11) is 4.04. The fourth-order valence-electron chi connectivity index (χ4n) is 0.268. The van der Waals surface area contributed by atoms with E-state index in [1.165, 1.54) is 5.67 Å². The molecule has 0 unspecified atom stereocenters. The summed E-state index contributed by atoms with van der Waals surface area (Å²) in [6, 6.07) is 0. The van der Waals surface area contributed by atoms with Crippen molar-refractivity contribution in [3.05, 3.63) is 0 Å². The summed E-state index contributed by atoms with van der Waals surface area (Å²) in [6.07, 6.45) is 0. The fraction of sp³-hybridized carbons (Fsp3) is 1.00. The van der Waals surface area contributed by atoms with E-state index in [2.05, 4.69) is 0 Å². The zero-order valence-electron chi connectivity index (χ0n) is 5.73. The first-order valence-corrected chi connectivity index (χ1v) is 7.00. The molecule has 0 aromatic carbocycles. The Morgan fingerprint density at radius 3 is 2.78 bits per heavy atom. The van der Waals surface area contributed by atoms with Crippen molar-refractivity contribution in [3.63, 3.8) is 0 Å². The maximum atomic E-state index is 5.17. The first-order chi connectivity index (χ1) is 4.41. The lowest BCUT2D eigenvalue weighted by molar-refractivity contribution is 0.370. The second-order valence-corrected chi connectivity index (χ2v) is 5.87. The number of hydrogen-bond donors (Lipinski definition) is 0. The molecule has 0 saturated carbocycles. The van der Waals surface area contributed by atoms with Gasteiger partial charge in [-0.3, -0.25) is 0 Å². The largest absolute Gasteiger partial charge is 0.422 e. The molecule has 0 spiro atoms. The van der Waals surface area contributed by atoms with Gasteiger partial charge in [-0.05, 0) is 12.6 Å². The highest BCUT2D eigenvalue weighted by Gasteiger charge is 1.92. The standard InChI is InChI=1S/C4H10O2Si3/c1-3-6-9-8-4-7-5-2/h3-4H2,1-2H3. The van der Waals surface area contributed by atoms with Crippen LogP contribution in [0.1, 0.15) is 6.92 Å². The van der Waals surface area contributed by atoms with E-state index in [9.17, 15) is 0 Å². The molecule has 50 valence electrons. The second-order valence-electron chi connectivity index (χ2n) is 1.24. The van der Waals surface area contributed by atoms with E-state index >= 15 is 0 Å². The fourth-order valence-corrected chi connectivity index (χ4v) is 3.71. The minimum absolute atomic E-state index is 0.665. The van der Waals surface area contributed by atoms with E-state index in [4.69, 9.17) is 8.85 Å². The molecule has 0 atom stereocenters. The van der Waals surface area contributed by atoms with Gasteiger partial charge in [-0.2, -0.15) is 0 Å². The highest BCUT2D eigenvalue weighted by atomic mass is 29.2. The molecular weight excluding hydrogens is 164 g/mol. The molecule has 9 heavy (non-hydrogen) atoms. The van der Waals surface area contributed by atoms with Crippen LogP contribution < -0.4 is 0 Å². The van der Waals surface area contributed by atoms with Gasteiger partial charge in [0.2, 0.25) is 19.0 Å².